The largest absolute Gasteiger partial charge is 0.481 e. The number of carbonyl (C=O) groups excluding carboxylic acids is 2. The van der Waals surface area contributed by atoms with E-state index in [0.29, 0.717) is 6.54 Å². The molecule has 0 aliphatic rings. The van der Waals surface area contributed by atoms with E-state index >= 15 is 0 Å². The maximum atomic E-state index is 13.7. The van der Waals surface area contributed by atoms with E-state index in [1.165, 1.54) is 17.0 Å². The molecule has 0 aliphatic heterocycles. The SMILES string of the molecule is CCNC(=O)C(C)N(Cc1cccc(C)c1)C(=O)COc1ccccc1F. The van der Waals surface area contributed by atoms with Crippen molar-refractivity contribution in [3.8, 4) is 5.75 Å². The number of ether oxygens (including phenoxy) is 1. The van der Waals surface area contributed by atoms with E-state index in [1.807, 2.05) is 38.1 Å². The number of benzene rings is 2. The minimum Gasteiger partial charge on any atom is -0.481 e. The monoisotopic (exact) mass is 372 g/mol. The molecule has 1 atom stereocenters. The van der Waals surface area contributed by atoms with Crippen LogP contribution >= 0.6 is 0 Å². The topological polar surface area (TPSA) is 58.6 Å². The Hall–Kier alpha value is -2.89. The zero-order chi connectivity index (χ0) is 19.8. The van der Waals surface area contributed by atoms with Gasteiger partial charge in [-0.05, 0) is 38.5 Å². The van der Waals surface area contributed by atoms with Crippen LogP contribution in [-0.4, -0.2) is 35.9 Å². The third kappa shape index (κ3) is 5.81. The number of hydrogen-bond acceptors (Lipinski definition) is 3. The number of hydrogen-bond donors (Lipinski definition) is 1. The predicted octanol–water partition coefficient (Wildman–Crippen LogP) is 3.07. The number of rotatable bonds is 8. The van der Waals surface area contributed by atoms with Crippen molar-refractivity contribution in [3.05, 3.63) is 65.5 Å². The summed E-state index contributed by atoms with van der Waals surface area (Å²) in [6.07, 6.45) is 0. The van der Waals surface area contributed by atoms with Gasteiger partial charge in [-0.1, -0.05) is 42.0 Å². The van der Waals surface area contributed by atoms with E-state index in [0.717, 1.165) is 11.1 Å². The number of nitrogens with one attached hydrogen (secondary N) is 1. The molecule has 6 heteroatoms. The molecule has 0 aromatic heterocycles. The molecule has 2 amide bonds. The summed E-state index contributed by atoms with van der Waals surface area (Å²) in [5, 5.41) is 2.73. The van der Waals surface area contributed by atoms with E-state index < -0.39 is 17.8 Å². The number of para-hydroxylation sites is 1. The normalized spacial score (nSPS) is 11.6. The molecule has 2 rings (SSSR count). The van der Waals surface area contributed by atoms with Gasteiger partial charge in [0, 0.05) is 13.1 Å². The average molecular weight is 372 g/mol. The summed E-state index contributed by atoms with van der Waals surface area (Å²) >= 11 is 0. The Morgan fingerprint density at radius 1 is 1.19 bits per heavy atom. The van der Waals surface area contributed by atoms with Crippen molar-refractivity contribution in [3.63, 3.8) is 0 Å². The van der Waals surface area contributed by atoms with Crippen LogP contribution in [0.15, 0.2) is 48.5 Å². The fourth-order valence-corrected chi connectivity index (χ4v) is 2.70. The molecule has 27 heavy (non-hydrogen) atoms. The molecular weight excluding hydrogens is 347 g/mol. The van der Waals surface area contributed by atoms with Gasteiger partial charge in [-0.15, -0.1) is 0 Å². The number of nitrogens with zero attached hydrogens (tertiary/aromatic N) is 1. The van der Waals surface area contributed by atoms with Gasteiger partial charge in [-0.25, -0.2) is 4.39 Å². The molecule has 0 heterocycles. The van der Waals surface area contributed by atoms with Crippen LogP contribution in [0.5, 0.6) is 5.75 Å². The van der Waals surface area contributed by atoms with Gasteiger partial charge in [0.15, 0.2) is 18.2 Å². The highest BCUT2D eigenvalue weighted by Crippen LogP contribution is 2.16. The van der Waals surface area contributed by atoms with E-state index in [1.54, 1.807) is 19.1 Å². The summed E-state index contributed by atoms with van der Waals surface area (Å²) in [5.74, 6) is -1.16. The van der Waals surface area contributed by atoms with Crippen molar-refractivity contribution >= 4 is 11.8 Å². The lowest BCUT2D eigenvalue weighted by Gasteiger charge is -2.28. The molecule has 0 saturated heterocycles. The maximum Gasteiger partial charge on any atom is 0.261 e. The zero-order valence-electron chi connectivity index (χ0n) is 15.9. The highest BCUT2D eigenvalue weighted by molar-refractivity contribution is 5.87. The Morgan fingerprint density at radius 2 is 1.93 bits per heavy atom. The second-order valence-electron chi connectivity index (χ2n) is 6.30. The number of carbonyl (C=O) groups is 2. The van der Waals surface area contributed by atoms with Crippen molar-refractivity contribution in [2.75, 3.05) is 13.2 Å². The molecule has 0 saturated carbocycles. The Morgan fingerprint density at radius 3 is 2.59 bits per heavy atom. The molecule has 0 spiro atoms. The van der Waals surface area contributed by atoms with Crippen LogP contribution in [0.2, 0.25) is 0 Å². The van der Waals surface area contributed by atoms with E-state index in [-0.39, 0.29) is 24.8 Å². The zero-order valence-corrected chi connectivity index (χ0v) is 15.9. The maximum absolute atomic E-state index is 13.7. The highest BCUT2D eigenvalue weighted by atomic mass is 19.1. The number of amides is 2. The van der Waals surface area contributed by atoms with Gasteiger partial charge < -0.3 is 15.0 Å². The van der Waals surface area contributed by atoms with Crippen molar-refractivity contribution in [1.29, 1.82) is 0 Å². The van der Waals surface area contributed by atoms with Gasteiger partial charge in [0.1, 0.15) is 6.04 Å². The molecule has 2 aromatic rings. The summed E-state index contributed by atoms with van der Waals surface area (Å²) < 4.78 is 19.0. The summed E-state index contributed by atoms with van der Waals surface area (Å²) in [6.45, 7) is 5.84. The molecule has 2 aromatic carbocycles. The van der Waals surface area contributed by atoms with Gasteiger partial charge >= 0.3 is 0 Å². The molecule has 0 bridgehead atoms. The van der Waals surface area contributed by atoms with Crippen LogP contribution in [0.4, 0.5) is 4.39 Å². The van der Waals surface area contributed by atoms with Crippen molar-refractivity contribution in [2.24, 2.45) is 0 Å². The molecule has 1 N–H and O–H groups in total. The van der Waals surface area contributed by atoms with Gasteiger partial charge in [0.2, 0.25) is 5.91 Å². The Kier molecular flexibility index (Phi) is 7.34. The van der Waals surface area contributed by atoms with Crippen LogP contribution in [0.25, 0.3) is 0 Å². The average Bonchev–Trinajstić information content (AvgIpc) is 2.65. The first-order valence-electron chi connectivity index (χ1n) is 8.92. The Labute approximate surface area is 159 Å². The van der Waals surface area contributed by atoms with E-state index in [9.17, 15) is 14.0 Å². The summed E-state index contributed by atoms with van der Waals surface area (Å²) in [7, 11) is 0. The molecule has 0 aliphatic carbocycles. The highest BCUT2D eigenvalue weighted by Gasteiger charge is 2.26. The summed E-state index contributed by atoms with van der Waals surface area (Å²) in [6, 6.07) is 12.9. The fourth-order valence-electron chi connectivity index (χ4n) is 2.70. The lowest BCUT2D eigenvalue weighted by atomic mass is 10.1. The first kappa shape index (κ1) is 20.4. The predicted molar refractivity (Wildman–Crippen MR) is 102 cm³/mol. The van der Waals surface area contributed by atoms with Gasteiger partial charge in [0.25, 0.3) is 5.91 Å². The summed E-state index contributed by atoms with van der Waals surface area (Å²) in [4.78, 5) is 26.5. The fraction of sp³-hybridized carbons (Fsp3) is 0.333. The second-order valence-corrected chi connectivity index (χ2v) is 6.30. The lowest BCUT2D eigenvalue weighted by molar-refractivity contribution is -0.142. The lowest BCUT2D eigenvalue weighted by Crippen LogP contribution is -2.49. The molecule has 144 valence electrons. The van der Waals surface area contributed by atoms with Gasteiger partial charge in [-0.2, -0.15) is 0 Å². The van der Waals surface area contributed by atoms with Gasteiger partial charge in [0.05, 0.1) is 0 Å². The van der Waals surface area contributed by atoms with E-state index in [4.69, 9.17) is 4.74 Å². The first-order chi connectivity index (χ1) is 12.9. The summed E-state index contributed by atoms with van der Waals surface area (Å²) in [5.41, 5.74) is 1.97. The smallest absolute Gasteiger partial charge is 0.261 e. The quantitative estimate of drug-likeness (QED) is 0.775. The number of likely N-dealkylation sites (N-methyl/N-ethyl adjacent to an activating group) is 1. The molecule has 0 radical (unpaired) electrons. The third-order valence-electron chi connectivity index (χ3n) is 4.14. The van der Waals surface area contributed by atoms with Crippen LogP contribution in [0.1, 0.15) is 25.0 Å². The van der Waals surface area contributed by atoms with Crippen LogP contribution in [0, 0.1) is 12.7 Å². The van der Waals surface area contributed by atoms with Crippen molar-refractivity contribution in [1.82, 2.24) is 10.2 Å². The van der Waals surface area contributed by atoms with Gasteiger partial charge in [-0.3, -0.25) is 9.59 Å². The van der Waals surface area contributed by atoms with Crippen LogP contribution in [-0.2, 0) is 16.1 Å². The van der Waals surface area contributed by atoms with Crippen LogP contribution < -0.4 is 10.1 Å². The number of halogens is 1. The van der Waals surface area contributed by atoms with Crippen molar-refractivity contribution in [2.45, 2.75) is 33.4 Å². The molecule has 5 nitrogen and oxygen atoms in total. The number of aryl methyl sites for hydroxylation is 1. The molecular formula is C21H25FN2O3. The van der Waals surface area contributed by atoms with Crippen LogP contribution in [0.3, 0.4) is 0 Å². The minimum atomic E-state index is -0.679. The van der Waals surface area contributed by atoms with E-state index in [2.05, 4.69) is 5.32 Å². The van der Waals surface area contributed by atoms with Crippen molar-refractivity contribution < 1.29 is 18.7 Å². The standard InChI is InChI=1S/C21H25FN2O3/c1-4-23-21(26)16(3)24(13-17-9-7-8-15(2)12-17)20(25)14-27-19-11-6-5-10-18(19)22/h5-12,16H,4,13-14H2,1-3H3,(H,23,26). The molecule has 0 fully saturated rings. The Bertz CT molecular complexity index is 795. The first-order valence-corrected chi connectivity index (χ1v) is 8.92. The minimum absolute atomic E-state index is 0.00650. The Balaban J connectivity index is 2.15. The molecule has 1 unspecified atom stereocenters. The second kappa shape index (κ2) is 9.71. The third-order valence-corrected chi connectivity index (χ3v) is 4.14.